The number of alkyl halides is 3. The lowest BCUT2D eigenvalue weighted by molar-refractivity contribution is -0.145. The number of esters is 1. The highest BCUT2D eigenvalue weighted by atomic mass is 19.4. The Morgan fingerprint density at radius 2 is 2.07 bits per heavy atom. The van der Waals surface area contributed by atoms with E-state index in [4.69, 9.17) is 0 Å². The number of halogens is 3. The minimum Gasteiger partial charge on any atom is -0.465 e. The van der Waals surface area contributed by atoms with Crippen LogP contribution in [0.25, 0.3) is 0 Å². The van der Waals surface area contributed by atoms with E-state index in [0.29, 0.717) is 0 Å². The fraction of sp³-hybridized carbons (Fsp3) is 0.875. The van der Waals surface area contributed by atoms with Crippen LogP contribution < -0.4 is 5.32 Å². The number of hydrogen-bond donors (Lipinski definition) is 1. The van der Waals surface area contributed by atoms with E-state index in [-0.39, 0.29) is 13.2 Å². The average molecular weight is 213 g/mol. The summed E-state index contributed by atoms with van der Waals surface area (Å²) in [6.45, 7) is 3.04. The summed E-state index contributed by atoms with van der Waals surface area (Å²) in [5, 5.41) is 2.43. The van der Waals surface area contributed by atoms with Gasteiger partial charge in [0.15, 0.2) is 0 Å². The molecule has 0 rings (SSSR count). The summed E-state index contributed by atoms with van der Waals surface area (Å²) >= 11 is 0. The molecule has 6 heteroatoms. The second-order valence-electron chi connectivity index (χ2n) is 2.91. The van der Waals surface area contributed by atoms with Crippen LogP contribution in [0.3, 0.4) is 0 Å². The fourth-order valence-corrected chi connectivity index (χ4v) is 0.889. The topological polar surface area (TPSA) is 38.3 Å². The van der Waals surface area contributed by atoms with E-state index >= 15 is 0 Å². The van der Waals surface area contributed by atoms with E-state index in [1.807, 2.05) is 0 Å². The lowest BCUT2D eigenvalue weighted by Gasteiger charge is -2.14. The van der Waals surface area contributed by atoms with Gasteiger partial charge in [-0.1, -0.05) is 0 Å². The molecule has 0 spiro atoms. The number of ether oxygens (including phenoxy) is 1. The van der Waals surface area contributed by atoms with Crippen molar-refractivity contribution in [2.45, 2.75) is 32.5 Å². The molecule has 1 N–H and O–H groups in total. The van der Waals surface area contributed by atoms with Crippen molar-refractivity contribution < 1.29 is 22.7 Å². The largest absolute Gasteiger partial charge is 0.465 e. The van der Waals surface area contributed by atoms with Gasteiger partial charge in [0.05, 0.1) is 19.6 Å². The summed E-state index contributed by atoms with van der Waals surface area (Å²) in [4.78, 5) is 10.7. The van der Waals surface area contributed by atoms with Crippen LogP contribution in [0.5, 0.6) is 0 Å². The Morgan fingerprint density at radius 3 is 2.50 bits per heavy atom. The molecule has 0 aromatic carbocycles. The first-order valence-corrected chi connectivity index (χ1v) is 4.31. The van der Waals surface area contributed by atoms with Crippen molar-refractivity contribution in [3.63, 3.8) is 0 Å². The normalized spacial score (nSPS) is 13.8. The third kappa shape index (κ3) is 7.85. The van der Waals surface area contributed by atoms with Crippen molar-refractivity contribution in [3.8, 4) is 0 Å². The predicted molar refractivity (Wildman–Crippen MR) is 44.8 cm³/mol. The van der Waals surface area contributed by atoms with E-state index in [1.165, 1.54) is 6.92 Å². The van der Waals surface area contributed by atoms with E-state index in [9.17, 15) is 18.0 Å². The molecule has 0 aliphatic heterocycles. The number of hydrogen-bond acceptors (Lipinski definition) is 3. The van der Waals surface area contributed by atoms with E-state index < -0.39 is 24.6 Å². The van der Waals surface area contributed by atoms with Crippen LogP contribution in [-0.4, -0.2) is 31.3 Å². The zero-order chi connectivity index (χ0) is 11.2. The fourth-order valence-electron chi connectivity index (χ4n) is 0.889. The summed E-state index contributed by atoms with van der Waals surface area (Å²) in [6, 6.07) is -0.778. The SMILES string of the molecule is CCOC(=O)CNC(C)CC(F)(F)F. The van der Waals surface area contributed by atoms with Gasteiger partial charge >= 0.3 is 12.1 Å². The van der Waals surface area contributed by atoms with Crippen LogP contribution in [0.1, 0.15) is 20.3 Å². The van der Waals surface area contributed by atoms with Crippen LogP contribution in [0.15, 0.2) is 0 Å². The van der Waals surface area contributed by atoms with Crippen LogP contribution in [-0.2, 0) is 9.53 Å². The zero-order valence-corrected chi connectivity index (χ0v) is 8.15. The first-order chi connectivity index (χ1) is 6.35. The van der Waals surface area contributed by atoms with Gasteiger partial charge in [0.1, 0.15) is 0 Å². The second-order valence-corrected chi connectivity index (χ2v) is 2.91. The lowest BCUT2D eigenvalue weighted by atomic mass is 10.2. The first-order valence-electron chi connectivity index (χ1n) is 4.31. The standard InChI is InChI=1S/C8H14F3NO2/c1-3-14-7(13)5-12-6(2)4-8(9,10)11/h6,12H,3-5H2,1-2H3. The average Bonchev–Trinajstić information content (AvgIpc) is 1.98. The second kappa shape index (κ2) is 5.85. The Morgan fingerprint density at radius 1 is 1.50 bits per heavy atom. The lowest BCUT2D eigenvalue weighted by Crippen LogP contribution is -2.35. The van der Waals surface area contributed by atoms with Crippen molar-refractivity contribution >= 4 is 5.97 Å². The van der Waals surface area contributed by atoms with Gasteiger partial charge < -0.3 is 10.1 Å². The summed E-state index contributed by atoms with van der Waals surface area (Å²) in [5.74, 6) is -0.540. The molecule has 0 radical (unpaired) electrons. The van der Waals surface area contributed by atoms with E-state index in [2.05, 4.69) is 10.1 Å². The van der Waals surface area contributed by atoms with Gasteiger partial charge in [0.2, 0.25) is 0 Å². The molecular weight excluding hydrogens is 199 g/mol. The van der Waals surface area contributed by atoms with E-state index in [0.717, 1.165) is 0 Å². The molecule has 0 aliphatic carbocycles. The Bertz CT molecular complexity index is 182. The van der Waals surface area contributed by atoms with E-state index in [1.54, 1.807) is 6.92 Å². The number of nitrogens with one attached hydrogen (secondary N) is 1. The summed E-state index contributed by atoms with van der Waals surface area (Å²) < 4.78 is 40.0. The monoisotopic (exact) mass is 213 g/mol. The van der Waals surface area contributed by atoms with Gasteiger partial charge in [-0.25, -0.2) is 0 Å². The van der Waals surface area contributed by atoms with Gasteiger partial charge in [0, 0.05) is 6.04 Å². The number of carbonyl (C=O) groups excluding carboxylic acids is 1. The molecule has 0 saturated heterocycles. The molecule has 14 heavy (non-hydrogen) atoms. The van der Waals surface area contributed by atoms with Crippen LogP contribution in [0.4, 0.5) is 13.2 Å². The number of carbonyl (C=O) groups is 1. The van der Waals surface area contributed by atoms with Crippen molar-refractivity contribution in [3.05, 3.63) is 0 Å². The Hall–Kier alpha value is -0.780. The molecule has 84 valence electrons. The van der Waals surface area contributed by atoms with Gasteiger partial charge in [-0.2, -0.15) is 13.2 Å². The summed E-state index contributed by atoms with van der Waals surface area (Å²) in [6.07, 6.45) is -5.16. The summed E-state index contributed by atoms with van der Waals surface area (Å²) in [7, 11) is 0. The minimum absolute atomic E-state index is 0.189. The van der Waals surface area contributed by atoms with Gasteiger partial charge in [-0.3, -0.25) is 4.79 Å². The maximum atomic E-state index is 11.8. The van der Waals surface area contributed by atoms with Gasteiger partial charge in [-0.05, 0) is 13.8 Å². The van der Waals surface area contributed by atoms with Gasteiger partial charge in [0.25, 0.3) is 0 Å². The molecule has 1 atom stereocenters. The molecule has 0 fully saturated rings. The maximum Gasteiger partial charge on any atom is 0.390 e. The molecule has 0 bridgehead atoms. The highest BCUT2D eigenvalue weighted by Gasteiger charge is 2.29. The molecule has 0 aromatic rings. The molecular formula is C8H14F3NO2. The highest BCUT2D eigenvalue weighted by molar-refractivity contribution is 5.71. The van der Waals surface area contributed by atoms with Crippen molar-refractivity contribution in [1.82, 2.24) is 5.32 Å². The summed E-state index contributed by atoms with van der Waals surface area (Å²) in [5.41, 5.74) is 0. The van der Waals surface area contributed by atoms with Crippen molar-refractivity contribution in [1.29, 1.82) is 0 Å². The molecule has 0 aromatic heterocycles. The Labute approximate surface area is 80.6 Å². The Balaban J connectivity index is 3.63. The third-order valence-electron chi connectivity index (χ3n) is 1.44. The first kappa shape index (κ1) is 13.2. The molecule has 3 nitrogen and oxygen atoms in total. The number of rotatable bonds is 5. The van der Waals surface area contributed by atoms with Crippen LogP contribution >= 0.6 is 0 Å². The molecule has 1 unspecified atom stereocenters. The predicted octanol–water partition coefficient (Wildman–Crippen LogP) is 1.48. The van der Waals surface area contributed by atoms with Crippen molar-refractivity contribution in [2.24, 2.45) is 0 Å². The minimum atomic E-state index is -4.21. The molecule has 0 aliphatic rings. The Kier molecular flexibility index (Phi) is 5.52. The zero-order valence-electron chi connectivity index (χ0n) is 8.15. The maximum absolute atomic E-state index is 11.8. The third-order valence-corrected chi connectivity index (χ3v) is 1.44. The molecule has 0 heterocycles. The van der Waals surface area contributed by atoms with Gasteiger partial charge in [-0.15, -0.1) is 0 Å². The van der Waals surface area contributed by atoms with Crippen LogP contribution in [0, 0.1) is 0 Å². The molecule has 0 saturated carbocycles. The highest BCUT2D eigenvalue weighted by Crippen LogP contribution is 2.21. The van der Waals surface area contributed by atoms with Crippen molar-refractivity contribution in [2.75, 3.05) is 13.2 Å². The molecule has 0 amide bonds. The quantitative estimate of drug-likeness (QED) is 0.703. The van der Waals surface area contributed by atoms with Crippen LogP contribution in [0.2, 0.25) is 0 Å². The smallest absolute Gasteiger partial charge is 0.390 e.